The molecule has 0 aromatic carbocycles. The molecule has 0 spiro atoms. The van der Waals surface area contributed by atoms with Crippen LogP contribution in [0.4, 0.5) is 4.39 Å². The van der Waals surface area contributed by atoms with E-state index in [1.54, 1.807) is 6.92 Å². The van der Waals surface area contributed by atoms with Crippen LogP contribution in [0.2, 0.25) is 0 Å². The predicted octanol–water partition coefficient (Wildman–Crippen LogP) is 0.745. The van der Waals surface area contributed by atoms with Crippen LogP contribution in [0.3, 0.4) is 0 Å². The van der Waals surface area contributed by atoms with Gasteiger partial charge in [-0.25, -0.2) is 4.39 Å². The van der Waals surface area contributed by atoms with Gasteiger partial charge in [0.25, 0.3) is 0 Å². The van der Waals surface area contributed by atoms with Crippen LogP contribution in [0.5, 0.6) is 0 Å². The highest BCUT2D eigenvalue weighted by molar-refractivity contribution is 4.85. The third kappa shape index (κ3) is 0.522. The molecule has 6 heavy (non-hydrogen) atoms. The molecule has 0 aliphatic carbocycles. The molecule has 1 saturated heterocycles. The Morgan fingerprint density at radius 2 is 2.50 bits per heavy atom. The number of hydrogen-bond acceptors (Lipinski definition) is 1. The summed E-state index contributed by atoms with van der Waals surface area (Å²) >= 11 is 0. The molecule has 2 heteroatoms. The lowest BCUT2D eigenvalue weighted by atomic mass is 10.2. The first kappa shape index (κ1) is 4.06. The Morgan fingerprint density at radius 1 is 2.00 bits per heavy atom. The summed E-state index contributed by atoms with van der Waals surface area (Å²) < 4.78 is 16.1. The molecule has 0 N–H and O–H groups in total. The van der Waals surface area contributed by atoms with E-state index in [4.69, 9.17) is 0 Å². The normalized spacial score (nSPS) is 43.0. The third-order valence-corrected chi connectivity index (χ3v) is 0.920. The van der Waals surface area contributed by atoms with E-state index in [2.05, 4.69) is 4.74 Å². The Hall–Kier alpha value is -0.110. The quantitative estimate of drug-likeness (QED) is 0.433. The molecular formula is C4H7FO. The maximum atomic E-state index is 11.4. The van der Waals surface area contributed by atoms with Crippen molar-refractivity contribution >= 4 is 0 Å². The first-order chi connectivity index (χ1) is 2.77. The van der Waals surface area contributed by atoms with Crippen LogP contribution in [0.25, 0.3) is 0 Å². The minimum Gasteiger partial charge on any atom is -0.367 e. The number of alkyl halides is 1. The molecule has 36 valence electrons. The Balaban J connectivity index is 2.28. The van der Waals surface area contributed by atoms with E-state index >= 15 is 0 Å². The topological polar surface area (TPSA) is 12.5 Å². The zero-order valence-electron chi connectivity index (χ0n) is 3.70. The highest BCUT2D eigenvalue weighted by atomic mass is 19.1. The average Bonchev–Trinajstić information content (AvgIpc) is 2.22. The van der Waals surface area contributed by atoms with Crippen molar-refractivity contribution in [2.75, 3.05) is 13.3 Å². The third-order valence-electron chi connectivity index (χ3n) is 0.920. The van der Waals surface area contributed by atoms with Crippen LogP contribution in [-0.4, -0.2) is 18.9 Å². The molecule has 0 aromatic heterocycles. The van der Waals surface area contributed by atoms with Crippen molar-refractivity contribution in [1.29, 1.82) is 0 Å². The van der Waals surface area contributed by atoms with Gasteiger partial charge in [-0.3, -0.25) is 0 Å². The van der Waals surface area contributed by atoms with Gasteiger partial charge in [0.1, 0.15) is 12.3 Å². The van der Waals surface area contributed by atoms with Crippen molar-refractivity contribution in [3.05, 3.63) is 0 Å². The van der Waals surface area contributed by atoms with Crippen molar-refractivity contribution in [2.45, 2.75) is 12.5 Å². The minimum atomic E-state index is -0.375. The zero-order chi connectivity index (χ0) is 4.62. The van der Waals surface area contributed by atoms with Gasteiger partial charge < -0.3 is 4.74 Å². The summed E-state index contributed by atoms with van der Waals surface area (Å²) in [6.45, 7) is 2.02. The molecule has 1 rings (SSSR count). The van der Waals surface area contributed by atoms with Crippen LogP contribution in [0, 0.1) is 0 Å². The lowest BCUT2D eigenvalue weighted by molar-refractivity contribution is 0.264. The maximum absolute atomic E-state index is 11.4. The number of epoxide rings is 1. The fraction of sp³-hybridized carbons (Fsp3) is 1.00. The molecule has 0 amide bonds. The summed E-state index contributed by atoms with van der Waals surface area (Å²) in [5, 5.41) is 0. The van der Waals surface area contributed by atoms with Gasteiger partial charge in [-0.05, 0) is 6.92 Å². The molecule has 1 fully saturated rings. The van der Waals surface area contributed by atoms with E-state index in [9.17, 15) is 4.39 Å². The van der Waals surface area contributed by atoms with Gasteiger partial charge in [-0.15, -0.1) is 0 Å². The molecule has 0 saturated carbocycles. The highest BCUT2D eigenvalue weighted by Crippen LogP contribution is 2.25. The van der Waals surface area contributed by atoms with E-state index in [1.165, 1.54) is 0 Å². The number of halogens is 1. The maximum Gasteiger partial charge on any atom is 0.120 e. The second kappa shape index (κ2) is 0.936. The number of hydrogen-bond donors (Lipinski definition) is 0. The van der Waals surface area contributed by atoms with Gasteiger partial charge in [-0.2, -0.15) is 0 Å². The van der Waals surface area contributed by atoms with E-state index in [-0.39, 0.29) is 12.3 Å². The van der Waals surface area contributed by atoms with E-state index in [1.807, 2.05) is 0 Å². The predicted molar refractivity (Wildman–Crippen MR) is 20.3 cm³/mol. The zero-order valence-corrected chi connectivity index (χ0v) is 3.70. The molecule has 0 bridgehead atoms. The lowest BCUT2D eigenvalue weighted by Gasteiger charge is -1.89. The van der Waals surface area contributed by atoms with Gasteiger partial charge in [-0.1, -0.05) is 0 Å². The Bertz CT molecular complexity index is 58.6. The number of rotatable bonds is 1. The van der Waals surface area contributed by atoms with Crippen LogP contribution in [0.15, 0.2) is 0 Å². The van der Waals surface area contributed by atoms with Crippen LogP contribution in [-0.2, 0) is 4.74 Å². The summed E-state index contributed by atoms with van der Waals surface area (Å²) in [6.07, 6.45) is 0. The first-order valence-corrected chi connectivity index (χ1v) is 1.97. The first-order valence-electron chi connectivity index (χ1n) is 1.97. The fourth-order valence-corrected chi connectivity index (χ4v) is 0.200. The molecule has 0 radical (unpaired) electrons. The van der Waals surface area contributed by atoms with Gasteiger partial charge >= 0.3 is 0 Å². The number of ether oxygens (including phenoxy) is 1. The molecule has 1 aliphatic rings. The van der Waals surface area contributed by atoms with Gasteiger partial charge in [0.2, 0.25) is 0 Å². The molecule has 1 nitrogen and oxygen atoms in total. The monoisotopic (exact) mass is 90.0 g/mol. The van der Waals surface area contributed by atoms with E-state index in [0.717, 1.165) is 0 Å². The van der Waals surface area contributed by atoms with Crippen LogP contribution in [0.1, 0.15) is 6.92 Å². The van der Waals surface area contributed by atoms with Crippen LogP contribution < -0.4 is 0 Å². The smallest absolute Gasteiger partial charge is 0.120 e. The van der Waals surface area contributed by atoms with Crippen molar-refractivity contribution in [3.63, 3.8) is 0 Å². The molecule has 1 atom stereocenters. The minimum absolute atomic E-state index is 0.340. The van der Waals surface area contributed by atoms with E-state index < -0.39 is 0 Å². The van der Waals surface area contributed by atoms with Crippen molar-refractivity contribution in [1.82, 2.24) is 0 Å². The van der Waals surface area contributed by atoms with Gasteiger partial charge in [0.15, 0.2) is 0 Å². The SMILES string of the molecule is CC1(CF)CO1. The summed E-state index contributed by atoms with van der Waals surface area (Å²) in [4.78, 5) is 0. The fourth-order valence-electron chi connectivity index (χ4n) is 0.200. The molecule has 1 heterocycles. The van der Waals surface area contributed by atoms with Gasteiger partial charge in [0.05, 0.1) is 6.61 Å². The lowest BCUT2D eigenvalue weighted by Crippen LogP contribution is -2.04. The summed E-state index contributed by atoms with van der Waals surface area (Å²) in [5.41, 5.74) is -0.375. The average molecular weight is 90.1 g/mol. The van der Waals surface area contributed by atoms with E-state index in [0.29, 0.717) is 6.61 Å². The van der Waals surface area contributed by atoms with Crippen molar-refractivity contribution in [2.24, 2.45) is 0 Å². The summed E-state index contributed by atoms with van der Waals surface area (Å²) in [7, 11) is 0. The Morgan fingerprint density at radius 3 is 2.50 bits per heavy atom. The highest BCUT2D eigenvalue weighted by Gasteiger charge is 2.39. The Kier molecular flexibility index (Phi) is 0.634. The van der Waals surface area contributed by atoms with Gasteiger partial charge in [0, 0.05) is 0 Å². The molecule has 1 unspecified atom stereocenters. The largest absolute Gasteiger partial charge is 0.367 e. The standard InChI is InChI=1S/C4H7FO/c1-4(2-5)3-6-4/h2-3H2,1H3. The molecule has 0 aromatic rings. The summed E-state index contributed by atoms with van der Waals surface area (Å²) in [6, 6.07) is 0. The van der Waals surface area contributed by atoms with Crippen molar-refractivity contribution < 1.29 is 9.13 Å². The molecule has 1 aliphatic heterocycles. The van der Waals surface area contributed by atoms with Crippen LogP contribution >= 0.6 is 0 Å². The summed E-state index contributed by atoms with van der Waals surface area (Å²) in [5.74, 6) is 0. The second-order valence-electron chi connectivity index (χ2n) is 1.87. The Labute approximate surface area is 36.1 Å². The second-order valence-corrected chi connectivity index (χ2v) is 1.87. The molecular weight excluding hydrogens is 83.0 g/mol. The van der Waals surface area contributed by atoms with Crippen molar-refractivity contribution in [3.8, 4) is 0 Å².